The molecule has 2 heteroatoms. The molecule has 0 bridgehead atoms. The fourth-order valence-corrected chi connectivity index (χ4v) is 3.72. The minimum Gasteiger partial charge on any atom is -0.311 e. The average molecular weight is 286 g/mol. The number of nitrogens with zero attached hydrogens (tertiary/aromatic N) is 1. The molecule has 2 aliphatic rings. The molecule has 1 N–H and O–H groups in total. The van der Waals surface area contributed by atoms with Crippen LogP contribution in [0.2, 0.25) is 0 Å². The molecule has 0 amide bonds. The zero-order valence-electron chi connectivity index (χ0n) is 13.9. The van der Waals surface area contributed by atoms with Crippen molar-refractivity contribution in [1.82, 2.24) is 10.2 Å². The predicted octanol–water partition coefficient (Wildman–Crippen LogP) is 3.53. The van der Waals surface area contributed by atoms with E-state index in [0.717, 1.165) is 13.1 Å². The largest absolute Gasteiger partial charge is 0.311 e. The maximum Gasteiger partial charge on any atom is 0.0237 e. The molecule has 3 rings (SSSR count). The van der Waals surface area contributed by atoms with Gasteiger partial charge in [-0.1, -0.05) is 18.2 Å². The third-order valence-electron chi connectivity index (χ3n) is 4.92. The van der Waals surface area contributed by atoms with Gasteiger partial charge in [0.1, 0.15) is 0 Å². The van der Waals surface area contributed by atoms with E-state index in [-0.39, 0.29) is 5.54 Å². The van der Waals surface area contributed by atoms with Crippen molar-refractivity contribution in [1.29, 1.82) is 0 Å². The van der Waals surface area contributed by atoms with Crippen LogP contribution >= 0.6 is 0 Å². The topological polar surface area (TPSA) is 15.3 Å². The van der Waals surface area contributed by atoms with Crippen LogP contribution in [0, 0.1) is 0 Å². The molecule has 0 saturated carbocycles. The summed E-state index contributed by atoms with van der Waals surface area (Å²) in [5, 5.41) is 3.68. The van der Waals surface area contributed by atoms with E-state index in [4.69, 9.17) is 0 Å². The monoisotopic (exact) mass is 286 g/mol. The first-order valence-electron chi connectivity index (χ1n) is 8.61. The number of hydrogen-bond donors (Lipinski definition) is 1. The van der Waals surface area contributed by atoms with E-state index in [0.29, 0.717) is 6.04 Å². The van der Waals surface area contributed by atoms with Crippen LogP contribution in [0.1, 0.15) is 56.7 Å². The molecule has 0 aromatic heterocycles. The lowest BCUT2D eigenvalue weighted by Gasteiger charge is -2.29. The number of rotatable bonds is 4. The zero-order chi connectivity index (χ0) is 14.9. The summed E-state index contributed by atoms with van der Waals surface area (Å²) in [6.07, 6.45) is 6.62. The maximum absolute atomic E-state index is 3.68. The third kappa shape index (κ3) is 3.87. The summed E-state index contributed by atoms with van der Waals surface area (Å²) in [5.74, 6) is 0. The zero-order valence-corrected chi connectivity index (χ0v) is 13.9. The molecule has 0 spiro atoms. The van der Waals surface area contributed by atoms with Crippen LogP contribution in [0.4, 0.5) is 0 Å². The van der Waals surface area contributed by atoms with Gasteiger partial charge in [-0.15, -0.1) is 0 Å². The molecular weight excluding hydrogens is 256 g/mol. The fourth-order valence-electron chi connectivity index (χ4n) is 3.72. The second kappa shape index (κ2) is 6.10. The minimum absolute atomic E-state index is 0.224. The van der Waals surface area contributed by atoms with Gasteiger partial charge < -0.3 is 5.32 Å². The molecule has 1 aromatic carbocycles. The van der Waals surface area contributed by atoms with E-state index in [9.17, 15) is 0 Å². The predicted molar refractivity (Wildman–Crippen MR) is 89.7 cm³/mol. The Bertz CT molecular complexity index is 487. The highest BCUT2D eigenvalue weighted by molar-refractivity contribution is 5.35. The highest BCUT2D eigenvalue weighted by Gasteiger charge is 2.25. The smallest absolute Gasteiger partial charge is 0.0237 e. The van der Waals surface area contributed by atoms with Gasteiger partial charge >= 0.3 is 0 Å². The van der Waals surface area contributed by atoms with Crippen LogP contribution in [0.3, 0.4) is 0 Å². The van der Waals surface area contributed by atoms with Crippen molar-refractivity contribution in [3.63, 3.8) is 0 Å². The molecule has 0 radical (unpaired) electrons. The second-order valence-corrected chi connectivity index (χ2v) is 7.85. The molecule has 1 atom stereocenters. The highest BCUT2D eigenvalue weighted by atomic mass is 15.2. The number of fused-ring (bicyclic) bond motifs is 1. The average Bonchev–Trinajstić information content (AvgIpc) is 3.04. The lowest BCUT2D eigenvalue weighted by molar-refractivity contribution is 0.226. The highest BCUT2D eigenvalue weighted by Crippen LogP contribution is 2.25. The van der Waals surface area contributed by atoms with Crippen molar-refractivity contribution < 1.29 is 0 Å². The van der Waals surface area contributed by atoms with E-state index >= 15 is 0 Å². The number of benzene rings is 1. The Morgan fingerprint density at radius 1 is 1.14 bits per heavy atom. The molecule has 1 aliphatic heterocycles. The summed E-state index contributed by atoms with van der Waals surface area (Å²) in [5.41, 5.74) is 4.93. The summed E-state index contributed by atoms with van der Waals surface area (Å²) in [6.45, 7) is 10.3. The van der Waals surface area contributed by atoms with Crippen molar-refractivity contribution in [3.05, 3.63) is 34.9 Å². The Morgan fingerprint density at radius 3 is 2.76 bits per heavy atom. The quantitative estimate of drug-likeness (QED) is 0.911. The fraction of sp³-hybridized carbons (Fsp3) is 0.684. The molecular formula is C19H30N2. The Kier molecular flexibility index (Phi) is 4.37. The number of aryl methyl sites for hydroxylation is 2. The van der Waals surface area contributed by atoms with Crippen molar-refractivity contribution in [3.8, 4) is 0 Å². The molecule has 21 heavy (non-hydrogen) atoms. The number of likely N-dealkylation sites (tertiary alicyclic amines) is 1. The first kappa shape index (κ1) is 15.1. The van der Waals surface area contributed by atoms with Gasteiger partial charge in [-0.2, -0.15) is 0 Å². The lowest BCUT2D eigenvalue weighted by Crippen LogP contribution is -2.44. The second-order valence-electron chi connectivity index (χ2n) is 7.85. The maximum atomic E-state index is 3.68. The van der Waals surface area contributed by atoms with Crippen LogP contribution in [-0.4, -0.2) is 29.6 Å². The molecule has 1 fully saturated rings. The number of hydrogen-bond acceptors (Lipinski definition) is 2. The Labute approximate surface area is 129 Å². The molecule has 1 aromatic rings. The summed E-state index contributed by atoms with van der Waals surface area (Å²) in [7, 11) is 0. The van der Waals surface area contributed by atoms with Gasteiger partial charge in [-0.05, 0) is 76.1 Å². The van der Waals surface area contributed by atoms with Gasteiger partial charge in [0.25, 0.3) is 0 Å². The van der Waals surface area contributed by atoms with Gasteiger partial charge in [0.15, 0.2) is 0 Å². The van der Waals surface area contributed by atoms with E-state index < -0.39 is 0 Å². The summed E-state index contributed by atoms with van der Waals surface area (Å²) < 4.78 is 0. The first-order chi connectivity index (χ1) is 10.0. The SMILES string of the molecule is CC(C)(C)NCC1CCCN1Cc1ccc2c(c1)CCC2. The Balaban J connectivity index is 1.61. The van der Waals surface area contributed by atoms with Gasteiger partial charge in [0, 0.05) is 24.7 Å². The van der Waals surface area contributed by atoms with Crippen LogP contribution in [0.25, 0.3) is 0 Å². The normalized spacial score (nSPS) is 22.7. The lowest BCUT2D eigenvalue weighted by atomic mass is 10.1. The van der Waals surface area contributed by atoms with E-state index in [1.807, 2.05) is 0 Å². The van der Waals surface area contributed by atoms with Crippen LogP contribution in [-0.2, 0) is 19.4 Å². The summed E-state index contributed by atoms with van der Waals surface area (Å²) >= 11 is 0. The van der Waals surface area contributed by atoms with Gasteiger partial charge in [-0.25, -0.2) is 0 Å². The third-order valence-corrected chi connectivity index (χ3v) is 4.92. The van der Waals surface area contributed by atoms with Crippen LogP contribution in [0.5, 0.6) is 0 Å². The standard InChI is InChI=1S/C19H30N2/c1-19(2,3)20-13-18-8-5-11-21(18)14-15-9-10-16-6-4-7-17(16)12-15/h9-10,12,18,20H,4-8,11,13-14H2,1-3H3. The first-order valence-corrected chi connectivity index (χ1v) is 8.61. The van der Waals surface area contributed by atoms with Crippen molar-refractivity contribution in [2.75, 3.05) is 13.1 Å². The summed E-state index contributed by atoms with van der Waals surface area (Å²) in [6, 6.07) is 7.90. The molecule has 2 nitrogen and oxygen atoms in total. The van der Waals surface area contributed by atoms with Crippen LogP contribution < -0.4 is 5.32 Å². The molecule has 1 saturated heterocycles. The van der Waals surface area contributed by atoms with E-state index in [1.165, 1.54) is 44.2 Å². The van der Waals surface area contributed by atoms with Gasteiger partial charge in [-0.3, -0.25) is 4.90 Å². The Hall–Kier alpha value is -0.860. The molecule has 1 unspecified atom stereocenters. The summed E-state index contributed by atoms with van der Waals surface area (Å²) in [4.78, 5) is 2.68. The number of nitrogens with one attached hydrogen (secondary N) is 1. The Morgan fingerprint density at radius 2 is 1.95 bits per heavy atom. The van der Waals surface area contributed by atoms with Crippen molar-refractivity contribution in [2.45, 2.75) is 71.0 Å². The van der Waals surface area contributed by atoms with E-state index in [1.54, 1.807) is 11.1 Å². The molecule has 1 aliphatic carbocycles. The van der Waals surface area contributed by atoms with E-state index in [2.05, 4.69) is 49.2 Å². The molecule has 116 valence electrons. The van der Waals surface area contributed by atoms with Crippen molar-refractivity contribution in [2.24, 2.45) is 0 Å². The van der Waals surface area contributed by atoms with Crippen LogP contribution in [0.15, 0.2) is 18.2 Å². The van der Waals surface area contributed by atoms with Gasteiger partial charge in [0.05, 0.1) is 0 Å². The van der Waals surface area contributed by atoms with Gasteiger partial charge in [0.2, 0.25) is 0 Å². The minimum atomic E-state index is 0.224. The van der Waals surface area contributed by atoms with Crippen molar-refractivity contribution >= 4 is 0 Å². The molecule has 1 heterocycles.